The first kappa shape index (κ1) is 16.2. The molecule has 2 N–H and O–H groups in total. The second kappa shape index (κ2) is 7.64. The number of carboxylic acid groups (broad SMARTS) is 1. The van der Waals surface area contributed by atoms with Gasteiger partial charge in [-0.15, -0.1) is 0 Å². The molecule has 20 heavy (non-hydrogen) atoms. The molecule has 0 aromatic heterocycles. The van der Waals surface area contributed by atoms with Crippen LogP contribution in [0.3, 0.4) is 0 Å². The van der Waals surface area contributed by atoms with E-state index in [1.165, 1.54) is 6.92 Å². The molecule has 0 heterocycles. The summed E-state index contributed by atoms with van der Waals surface area (Å²) in [5.74, 6) is -1.75. The maximum Gasteiger partial charge on any atom is 0.307 e. The molecule has 0 fully saturated rings. The van der Waals surface area contributed by atoms with Crippen molar-refractivity contribution in [2.75, 3.05) is 23.9 Å². The fraction of sp³-hybridized carbons (Fsp3) is 0.385. The maximum absolute atomic E-state index is 11.6. The number of ether oxygens (including phenoxy) is 1. The smallest absolute Gasteiger partial charge is 0.307 e. The number of methoxy groups -OCH3 is 1. The molecule has 1 aromatic carbocycles. The van der Waals surface area contributed by atoms with Crippen molar-refractivity contribution in [1.82, 2.24) is 0 Å². The highest BCUT2D eigenvalue weighted by atomic mass is 32.2. The summed E-state index contributed by atoms with van der Waals surface area (Å²) in [6.45, 7) is 1.46. The predicted octanol–water partition coefficient (Wildman–Crippen LogP) is 1.10. The molecule has 0 bridgehead atoms. The van der Waals surface area contributed by atoms with Gasteiger partial charge >= 0.3 is 5.97 Å². The third kappa shape index (κ3) is 5.40. The molecular weight excluding hydrogens is 282 g/mol. The van der Waals surface area contributed by atoms with Crippen molar-refractivity contribution in [2.24, 2.45) is 5.92 Å². The van der Waals surface area contributed by atoms with Crippen LogP contribution >= 0.6 is 0 Å². The number of hydrogen-bond donors (Lipinski definition) is 2. The van der Waals surface area contributed by atoms with Crippen molar-refractivity contribution < 1.29 is 23.6 Å². The molecule has 0 spiro atoms. The molecule has 0 radical (unpaired) electrons. The Morgan fingerprint density at radius 2 is 1.95 bits per heavy atom. The summed E-state index contributed by atoms with van der Waals surface area (Å²) < 4.78 is 16.6. The first-order valence-electron chi connectivity index (χ1n) is 5.94. The minimum atomic E-state index is -1.50. The molecule has 7 heteroatoms. The third-order valence-electron chi connectivity index (χ3n) is 2.52. The summed E-state index contributed by atoms with van der Waals surface area (Å²) in [5, 5.41) is 11.3. The molecule has 6 nitrogen and oxygen atoms in total. The maximum atomic E-state index is 11.6. The Labute approximate surface area is 119 Å². The second-order valence-electron chi connectivity index (χ2n) is 4.27. The normalized spacial score (nSPS) is 13.3. The SMILES string of the molecule is COc1ccc(NC(=O)CS(=O)CC(C)C(=O)O)cc1. The highest BCUT2D eigenvalue weighted by Crippen LogP contribution is 2.14. The van der Waals surface area contributed by atoms with Gasteiger partial charge in [-0.2, -0.15) is 0 Å². The Morgan fingerprint density at radius 3 is 2.45 bits per heavy atom. The fourth-order valence-corrected chi connectivity index (χ4v) is 2.61. The van der Waals surface area contributed by atoms with E-state index in [-0.39, 0.29) is 11.5 Å². The van der Waals surface area contributed by atoms with Crippen LogP contribution in [0.25, 0.3) is 0 Å². The summed E-state index contributed by atoms with van der Waals surface area (Å²) in [6.07, 6.45) is 0. The molecule has 0 saturated heterocycles. The van der Waals surface area contributed by atoms with Crippen LogP contribution in [0.1, 0.15) is 6.92 Å². The summed E-state index contributed by atoms with van der Waals surface area (Å²) in [5.41, 5.74) is 0.569. The zero-order chi connectivity index (χ0) is 15.1. The van der Waals surface area contributed by atoms with Crippen molar-refractivity contribution in [2.45, 2.75) is 6.92 Å². The van der Waals surface area contributed by atoms with E-state index in [1.807, 2.05) is 0 Å². The van der Waals surface area contributed by atoms with Crippen LogP contribution in [0.4, 0.5) is 5.69 Å². The monoisotopic (exact) mass is 299 g/mol. The molecule has 0 saturated carbocycles. The van der Waals surface area contributed by atoms with Crippen molar-refractivity contribution in [3.63, 3.8) is 0 Å². The summed E-state index contributed by atoms with van der Waals surface area (Å²) in [7, 11) is 0.0440. The quantitative estimate of drug-likeness (QED) is 0.786. The van der Waals surface area contributed by atoms with Gasteiger partial charge in [-0.05, 0) is 24.3 Å². The number of nitrogens with one attached hydrogen (secondary N) is 1. The highest BCUT2D eigenvalue weighted by Gasteiger charge is 2.17. The van der Waals surface area contributed by atoms with Gasteiger partial charge in [-0.1, -0.05) is 6.92 Å². The Hall–Kier alpha value is -1.89. The van der Waals surface area contributed by atoms with Gasteiger partial charge in [0.2, 0.25) is 5.91 Å². The van der Waals surface area contributed by atoms with Gasteiger partial charge in [0.05, 0.1) is 13.0 Å². The van der Waals surface area contributed by atoms with Gasteiger partial charge in [0.15, 0.2) is 0 Å². The lowest BCUT2D eigenvalue weighted by Gasteiger charge is -2.08. The van der Waals surface area contributed by atoms with Gasteiger partial charge in [-0.3, -0.25) is 13.8 Å². The number of aliphatic carboxylic acids is 1. The second-order valence-corrected chi connectivity index (χ2v) is 5.77. The van der Waals surface area contributed by atoms with E-state index in [4.69, 9.17) is 9.84 Å². The average Bonchev–Trinajstić information content (AvgIpc) is 2.39. The fourth-order valence-electron chi connectivity index (χ4n) is 1.43. The average molecular weight is 299 g/mol. The first-order valence-corrected chi connectivity index (χ1v) is 7.43. The first-order chi connectivity index (χ1) is 9.42. The minimum Gasteiger partial charge on any atom is -0.497 e. The molecular formula is C13H17NO5S. The number of anilines is 1. The lowest BCUT2D eigenvalue weighted by atomic mass is 10.2. The topological polar surface area (TPSA) is 92.7 Å². The van der Waals surface area contributed by atoms with E-state index < -0.39 is 28.6 Å². The van der Waals surface area contributed by atoms with Crippen molar-refractivity contribution in [3.05, 3.63) is 24.3 Å². The van der Waals surface area contributed by atoms with Crippen LogP contribution in [0.15, 0.2) is 24.3 Å². The van der Waals surface area contributed by atoms with Crippen molar-refractivity contribution in [1.29, 1.82) is 0 Å². The third-order valence-corrected chi connectivity index (χ3v) is 3.98. The molecule has 0 aliphatic carbocycles. The Bertz CT molecular complexity index is 500. The van der Waals surface area contributed by atoms with E-state index in [1.54, 1.807) is 31.4 Å². The van der Waals surface area contributed by atoms with Crippen LogP contribution < -0.4 is 10.1 Å². The molecule has 110 valence electrons. The molecule has 2 atom stereocenters. The molecule has 1 amide bonds. The Balaban J connectivity index is 2.46. The molecule has 1 aromatic rings. The Kier molecular flexibility index (Phi) is 6.17. The number of amides is 1. The van der Waals surface area contributed by atoms with Gasteiger partial charge in [-0.25, -0.2) is 0 Å². The van der Waals surface area contributed by atoms with Gasteiger partial charge in [0, 0.05) is 22.2 Å². The number of benzene rings is 1. The van der Waals surface area contributed by atoms with Crippen LogP contribution in [0.2, 0.25) is 0 Å². The summed E-state index contributed by atoms with van der Waals surface area (Å²) in [4.78, 5) is 22.3. The van der Waals surface area contributed by atoms with Crippen molar-refractivity contribution in [3.8, 4) is 5.75 Å². The molecule has 2 unspecified atom stereocenters. The standard InChI is InChI=1S/C13H17NO5S/c1-9(13(16)17)7-20(18)8-12(15)14-10-3-5-11(19-2)6-4-10/h3-6,9H,7-8H2,1-2H3,(H,14,15)(H,16,17). The summed E-state index contributed by atoms with van der Waals surface area (Å²) >= 11 is 0. The lowest BCUT2D eigenvalue weighted by Crippen LogP contribution is -2.25. The van der Waals surface area contributed by atoms with Crippen LogP contribution in [0.5, 0.6) is 5.75 Å². The van der Waals surface area contributed by atoms with E-state index >= 15 is 0 Å². The zero-order valence-corrected chi connectivity index (χ0v) is 12.1. The van der Waals surface area contributed by atoms with E-state index in [9.17, 15) is 13.8 Å². The molecule has 0 aliphatic heterocycles. The molecule has 0 aliphatic rings. The number of carboxylic acids is 1. The van der Waals surface area contributed by atoms with Crippen LogP contribution in [-0.4, -0.2) is 39.8 Å². The van der Waals surface area contributed by atoms with E-state index in [0.29, 0.717) is 11.4 Å². The van der Waals surface area contributed by atoms with Gasteiger partial charge in [0.25, 0.3) is 0 Å². The Morgan fingerprint density at radius 1 is 1.35 bits per heavy atom. The number of rotatable bonds is 7. The largest absolute Gasteiger partial charge is 0.497 e. The van der Waals surface area contributed by atoms with Crippen LogP contribution in [-0.2, 0) is 20.4 Å². The number of hydrogen-bond acceptors (Lipinski definition) is 4. The number of carbonyl (C=O) groups is 2. The summed E-state index contributed by atoms with van der Waals surface area (Å²) in [6, 6.07) is 6.72. The van der Waals surface area contributed by atoms with Crippen molar-refractivity contribution >= 4 is 28.4 Å². The van der Waals surface area contributed by atoms with E-state index in [2.05, 4.69) is 5.32 Å². The minimum absolute atomic E-state index is 0.0363. The van der Waals surface area contributed by atoms with E-state index in [0.717, 1.165) is 0 Å². The van der Waals surface area contributed by atoms with Crippen LogP contribution in [0, 0.1) is 5.92 Å². The molecule has 1 rings (SSSR count). The van der Waals surface area contributed by atoms with Gasteiger partial charge in [0.1, 0.15) is 11.5 Å². The zero-order valence-electron chi connectivity index (χ0n) is 11.3. The lowest BCUT2D eigenvalue weighted by molar-refractivity contribution is -0.140. The highest BCUT2D eigenvalue weighted by molar-refractivity contribution is 7.85. The predicted molar refractivity (Wildman–Crippen MR) is 76.3 cm³/mol. The number of carbonyl (C=O) groups excluding carboxylic acids is 1. The van der Waals surface area contributed by atoms with Gasteiger partial charge < -0.3 is 15.2 Å².